The minimum atomic E-state index is 0.503. The van der Waals surface area contributed by atoms with Crippen LogP contribution in [0.5, 0.6) is 0 Å². The van der Waals surface area contributed by atoms with Gasteiger partial charge >= 0.3 is 0 Å². The van der Waals surface area contributed by atoms with Gasteiger partial charge in [0, 0.05) is 12.2 Å². The number of aromatic nitrogens is 1. The second-order valence-electron chi connectivity index (χ2n) is 6.42. The van der Waals surface area contributed by atoms with Crippen molar-refractivity contribution in [3.8, 4) is 0 Å². The van der Waals surface area contributed by atoms with Gasteiger partial charge in [-0.3, -0.25) is 4.98 Å². The molecule has 3 unspecified atom stereocenters. The van der Waals surface area contributed by atoms with E-state index in [0.717, 1.165) is 11.8 Å². The Bertz CT molecular complexity index is 405. The molecule has 1 aromatic heterocycles. The molecule has 0 aromatic carbocycles. The largest absolute Gasteiger partial charge is 0.306 e. The fraction of sp³-hybridized carbons (Fsp3) is 0.688. The maximum atomic E-state index is 4.58. The molecule has 3 atom stereocenters. The van der Waals surface area contributed by atoms with Gasteiger partial charge in [0.2, 0.25) is 0 Å². The Morgan fingerprint density at radius 1 is 1.17 bits per heavy atom. The van der Waals surface area contributed by atoms with Crippen molar-refractivity contribution in [2.75, 3.05) is 0 Å². The van der Waals surface area contributed by atoms with Crippen molar-refractivity contribution < 1.29 is 0 Å². The number of pyridine rings is 1. The zero-order valence-electron chi connectivity index (χ0n) is 11.5. The van der Waals surface area contributed by atoms with Gasteiger partial charge in [-0.25, -0.2) is 0 Å². The van der Waals surface area contributed by atoms with Gasteiger partial charge in [-0.1, -0.05) is 19.9 Å². The lowest BCUT2D eigenvalue weighted by atomic mass is 9.80. The van der Waals surface area contributed by atoms with Crippen molar-refractivity contribution >= 4 is 0 Å². The van der Waals surface area contributed by atoms with Crippen molar-refractivity contribution in [3.63, 3.8) is 0 Å². The summed E-state index contributed by atoms with van der Waals surface area (Å²) in [5.74, 6) is 1.74. The Kier molecular flexibility index (Phi) is 3.38. The number of rotatable bonds is 2. The number of hydrogen-bond donors (Lipinski definition) is 1. The average molecular weight is 244 g/mol. The van der Waals surface area contributed by atoms with Crippen LogP contribution in [-0.2, 0) is 6.42 Å². The Hall–Kier alpha value is -0.890. The highest BCUT2D eigenvalue weighted by molar-refractivity contribution is 5.28. The molecule has 2 nitrogen and oxygen atoms in total. The van der Waals surface area contributed by atoms with E-state index in [9.17, 15) is 0 Å². The Morgan fingerprint density at radius 2 is 1.94 bits per heavy atom. The summed E-state index contributed by atoms with van der Waals surface area (Å²) in [5, 5.41) is 3.87. The van der Waals surface area contributed by atoms with E-state index in [1.54, 1.807) is 0 Å². The molecule has 1 fully saturated rings. The van der Waals surface area contributed by atoms with E-state index in [0.29, 0.717) is 12.1 Å². The molecule has 0 radical (unpaired) electrons. The summed E-state index contributed by atoms with van der Waals surface area (Å²) in [6, 6.07) is 5.49. The van der Waals surface area contributed by atoms with E-state index < -0.39 is 0 Å². The lowest BCUT2D eigenvalue weighted by Gasteiger charge is -2.34. The normalized spacial score (nSPS) is 35.4. The van der Waals surface area contributed by atoms with Crippen LogP contribution in [0.25, 0.3) is 0 Å². The number of hydrogen-bond acceptors (Lipinski definition) is 2. The molecule has 0 bridgehead atoms. The van der Waals surface area contributed by atoms with E-state index >= 15 is 0 Å². The van der Waals surface area contributed by atoms with Crippen LogP contribution in [0, 0.1) is 11.8 Å². The number of fused-ring (bicyclic) bond motifs is 1. The molecule has 3 rings (SSSR count). The lowest BCUT2D eigenvalue weighted by molar-refractivity contribution is 0.224. The summed E-state index contributed by atoms with van der Waals surface area (Å²) in [7, 11) is 0. The van der Waals surface area contributed by atoms with Crippen molar-refractivity contribution in [1.82, 2.24) is 10.3 Å². The fourth-order valence-electron chi connectivity index (χ4n) is 3.94. The van der Waals surface area contributed by atoms with Gasteiger partial charge in [0.25, 0.3) is 0 Å². The summed E-state index contributed by atoms with van der Waals surface area (Å²) in [6.45, 7) is 4.79. The van der Waals surface area contributed by atoms with Crippen molar-refractivity contribution in [2.45, 2.75) is 58.0 Å². The minimum absolute atomic E-state index is 0.503. The highest BCUT2D eigenvalue weighted by Gasteiger charge is 2.29. The molecular formula is C16H24N2. The van der Waals surface area contributed by atoms with E-state index in [1.165, 1.54) is 43.4 Å². The van der Waals surface area contributed by atoms with Gasteiger partial charge in [-0.15, -0.1) is 0 Å². The third-order valence-electron chi connectivity index (χ3n) is 4.57. The van der Waals surface area contributed by atoms with E-state index in [-0.39, 0.29) is 0 Å². The highest BCUT2D eigenvalue weighted by atomic mass is 15.0. The number of nitrogens with one attached hydrogen (secondary N) is 1. The molecule has 2 aliphatic carbocycles. The molecule has 0 spiro atoms. The number of aryl methyl sites for hydroxylation is 1. The predicted molar refractivity (Wildman–Crippen MR) is 74.4 cm³/mol. The Balaban J connectivity index is 1.67. The first-order valence-corrected chi connectivity index (χ1v) is 7.42. The van der Waals surface area contributed by atoms with Crippen LogP contribution in [0.3, 0.4) is 0 Å². The molecule has 0 aliphatic heterocycles. The van der Waals surface area contributed by atoms with Crippen molar-refractivity contribution in [3.05, 3.63) is 29.6 Å². The smallest absolute Gasteiger partial charge is 0.0605 e. The average Bonchev–Trinajstić information content (AvgIpc) is 2.72. The first-order valence-electron chi connectivity index (χ1n) is 7.42. The summed E-state index contributed by atoms with van der Waals surface area (Å²) in [5.41, 5.74) is 2.76. The minimum Gasteiger partial charge on any atom is -0.306 e. The zero-order valence-corrected chi connectivity index (χ0v) is 11.5. The molecule has 2 heteroatoms. The molecule has 2 aliphatic rings. The first-order chi connectivity index (χ1) is 8.72. The molecule has 0 saturated heterocycles. The van der Waals surface area contributed by atoms with Crippen LogP contribution < -0.4 is 5.32 Å². The van der Waals surface area contributed by atoms with Crippen molar-refractivity contribution in [2.24, 2.45) is 11.8 Å². The van der Waals surface area contributed by atoms with Gasteiger partial charge < -0.3 is 5.32 Å². The maximum Gasteiger partial charge on any atom is 0.0605 e. The molecule has 1 aromatic rings. The van der Waals surface area contributed by atoms with Gasteiger partial charge in [0.05, 0.1) is 11.7 Å². The van der Waals surface area contributed by atoms with Crippen LogP contribution >= 0.6 is 0 Å². The Morgan fingerprint density at radius 3 is 2.72 bits per heavy atom. The first kappa shape index (κ1) is 12.2. The number of nitrogens with zero attached hydrogens (tertiary/aromatic N) is 1. The van der Waals surface area contributed by atoms with Crippen LogP contribution in [-0.4, -0.2) is 11.0 Å². The van der Waals surface area contributed by atoms with E-state index in [2.05, 4.69) is 36.3 Å². The summed E-state index contributed by atoms with van der Waals surface area (Å²) in [6.07, 6.45) is 8.43. The van der Waals surface area contributed by atoms with Crippen LogP contribution in [0.15, 0.2) is 18.3 Å². The fourth-order valence-corrected chi connectivity index (χ4v) is 3.94. The molecule has 18 heavy (non-hydrogen) atoms. The summed E-state index contributed by atoms with van der Waals surface area (Å²) >= 11 is 0. The second-order valence-corrected chi connectivity index (χ2v) is 6.42. The van der Waals surface area contributed by atoms with Gasteiger partial charge in [0.1, 0.15) is 0 Å². The zero-order chi connectivity index (χ0) is 12.5. The SMILES string of the molecule is CC1CC(C)CC(NC2CCc3cccnc32)C1. The standard InChI is InChI=1S/C16H24N2/c1-11-8-12(2)10-14(9-11)18-15-6-5-13-4-3-7-17-16(13)15/h3-4,7,11-12,14-15,18H,5-6,8-10H2,1-2H3. The maximum absolute atomic E-state index is 4.58. The quantitative estimate of drug-likeness (QED) is 0.861. The van der Waals surface area contributed by atoms with E-state index in [1.807, 2.05) is 6.20 Å². The van der Waals surface area contributed by atoms with Crippen LogP contribution in [0.1, 0.15) is 56.8 Å². The van der Waals surface area contributed by atoms with Gasteiger partial charge in [-0.2, -0.15) is 0 Å². The van der Waals surface area contributed by atoms with Gasteiger partial charge in [-0.05, 0) is 55.6 Å². The van der Waals surface area contributed by atoms with Crippen LogP contribution in [0.2, 0.25) is 0 Å². The summed E-state index contributed by atoms with van der Waals surface area (Å²) in [4.78, 5) is 4.58. The molecule has 0 amide bonds. The monoisotopic (exact) mass is 244 g/mol. The molecule has 1 N–H and O–H groups in total. The summed E-state index contributed by atoms with van der Waals surface area (Å²) < 4.78 is 0. The van der Waals surface area contributed by atoms with Crippen LogP contribution in [0.4, 0.5) is 0 Å². The molecule has 1 saturated carbocycles. The topological polar surface area (TPSA) is 24.9 Å². The van der Waals surface area contributed by atoms with Crippen molar-refractivity contribution in [1.29, 1.82) is 0 Å². The molecule has 1 heterocycles. The van der Waals surface area contributed by atoms with Gasteiger partial charge in [0.15, 0.2) is 0 Å². The highest BCUT2D eigenvalue weighted by Crippen LogP contribution is 2.33. The molecule has 98 valence electrons. The predicted octanol–water partition coefficient (Wildman–Crippen LogP) is 3.48. The van der Waals surface area contributed by atoms with E-state index in [4.69, 9.17) is 0 Å². The second kappa shape index (κ2) is 5.00. The molecular weight excluding hydrogens is 220 g/mol. The third kappa shape index (κ3) is 2.44. The third-order valence-corrected chi connectivity index (χ3v) is 4.57. The Labute approximate surface area is 110 Å². The lowest BCUT2D eigenvalue weighted by Crippen LogP contribution is -2.38.